The van der Waals surface area contributed by atoms with Crippen LogP contribution < -0.4 is 4.74 Å². The number of benzene rings is 1. The molecule has 0 spiro atoms. The number of carboxylic acids is 1. The van der Waals surface area contributed by atoms with Crippen LogP contribution in [0.25, 0.3) is 10.1 Å². The zero-order chi connectivity index (χ0) is 13.4. The van der Waals surface area contributed by atoms with Crippen molar-refractivity contribution < 1.29 is 14.6 Å². The van der Waals surface area contributed by atoms with E-state index in [1.165, 1.54) is 18.4 Å². The molecule has 2 aromatic rings. The molecule has 0 bridgehead atoms. The van der Waals surface area contributed by atoms with E-state index < -0.39 is 11.9 Å². The minimum absolute atomic E-state index is 0.454. The molecule has 1 heterocycles. The third-order valence-electron chi connectivity index (χ3n) is 2.79. The van der Waals surface area contributed by atoms with Crippen molar-refractivity contribution in [1.29, 1.82) is 0 Å². The first-order chi connectivity index (χ1) is 8.47. The molecule has 0 saturated heterocycles. The van der Waals surface area contributed by atoms with Gasteiger partial charge in [0.25, 0.3) is 0 Å². The Hall–Kier alpha value is -0.970. The first-order valence-corrected chi connectivity index (χ1v) is 6.76. The predicted octanol–water partition coefficient (Wildman–Crippen LogP) is 4.40. The monoisotopic (exact) mass is 304 g/mol. The summed E-state index contributed by atoms with van der Waals surface area (Å²) in [4.78, 5) is 11.1. The first kappa shape index (κ1) is 13.5. The Morgan fingerprint density at radius 1 is 1.50 bits per heavy atom. The van der Waals surface area contributed by atoms with E-state index in [9.17, 15) is 4.79 Å². The SMILES string of the molecule is COc1cc(Cl)c2c(C(C)C(=O)O)csc2c1Cl. The maximum atomic E-state index is 11.1. The number of halogens is 2. The molecule has 0 aliphatic rings. The lowest BCUT2D eigenvalue weighted by molar-refractivity contribution is -0.138. The Bertz CT molecular complexity index is 621. The Morgan fingerprint density at radius 3 is 2.72 bits per heavy atom. The van der Waals surface area contributed by atoms with Gasteiger partial charge in [-0.1, -0.05) is 23.2 Å². The number of hydrogen-bond donors (Lipinski definition) is 1. The number of aliphatic carboxylic acids is 1. The van der Waals surface area contributed by atoms with Crippen LogP contribution in [0, 0.1) is 0 Å². The van der Waals surface area contributed by atoms with Gasteiger partial charge in [0.15, 0.2) is 0 Å². The summed E-state index contributed by atoms with van der Waals surface area (Å²) in [6, 6.07) is 1.61. The lowest BCUT2D eigenvalue weighted by atomic mass is 10.0. The highest BCUT2D eigenvalue weighted by molar-refractivity contribution is 7.18. The number of ether oxygens (including phenoxy) is 1. The van der Waals surface area contributed by atoms with Crippen LogP contribution in [0.4, 0.5) is 0 Å². The summed E-state index contributed by atoms with van der Waals surface area (Å²) in [6.45, 7) is 1.62. The molecule has 1 N–H and O–H groups in total. The van der Waals surface area contributed by atoms with Gasteiger partial charge in [0.2, 0.25) is 0 Å². The van der Waals surface area contributed by atoms with Crippen LogP contribution in [-0.2, 0) is 4.79 Å². The van der Waals surface area contributed by atoms with Crippen molar-refractivity contribution in [1.82, 2.24) is 0 Å². The third-order valence-corrected chi connectivity index (χ3v) is 4.59. The van der Waals surface area contributed by atoms with Crippen LogP contribution in [0.15, 0.2) is 11.4 Å². The van der Waals surface area contributed by atoms with Crippen molar-refractivity contribution in [3.63, 3.8) is 0 Å². The summed E-state index contributed by atoms with van der Waals surface area (Å²) in [5.74, 6) is -1.02. The summed E-state index contributed by atoms with van der Waals surface area (Å²) >= 11 is 13.7. The first-order valence-electron chi connectivity index (χ1n) is 5.13. The van der Waals surface area contributed by atoms with Crippen molar-refractivity contribution in [3.8, 4) is 5.75 Å². The number of rotatable bonds is 3. The molecule has 0 radical (unpaired) electrons. The van der Waals surface area contributed by atoms with Gasteiger partial charge in [-0.15, -0.1) is 11.3 Å². The minimum atomic E-state index is -0.891. The van der Waals surface area contributed by atoms with Crippen molar-refractivity contribution >= 4 is 50.6 Å². The average molecular weight is 305 g/mol. The number of carboxylic acid groups (broad SMARTS) is 1. The van der Waals surface area contributed by atoms with Gasteiger partial charge >= 0.3 is 5.97 Å². The number of thiophene rings is 1. The van der Waals surface area contributed by atoms with Crippen LogP contribution in [-0.4, -0.2) is 18.2 Å². The lowest BCUT2D eigenvalue weighted by Crippen LogP contribution is -2.06. The second kappa shape index (κ2) is 4.96. The molecular weight excluding hydrogens is 295 g/mol. The summed E-state index contributed by atoms with van der Waals surface area (Å²) in [5.41, 5.74) is 0.678. The summed E-state index contributed by atoms with van der Waals surface area (Å²) < 4.78 is 5.88. The van der Waals surface area contributed by atoms with Crippen LogP contribution >= 0.6 is 34.5 Å². The molecule has 6 heteroatoms. The van der Waals surface area contributed by atoms with E-state index in [4.69, 9.17) is 33.0 Å². The van der Waals surface area contributed by atoms with Crippen molar-refractivity contribution in [2.24, 2.45) is 0 Å². The molecule has 0 saturated carbocycles. The van der Waals surface area contributed by atoms with Crippen LogP contribution in [0.2, 0.25) is 10.0 Å². The normalized spacial score (nSPS) is 12.7. The van der Waals surface area contributed by atoms with Gasteiger partial charge in [-0.3, -0.25) is 4.79 Å². The van der Waals surface area contributed by atoms with Gasteiger partial charge in [0.1, 0.15) is 10.8 Å². The molecule has 0 aliphatic carbocycles. The Morgan fingerprint density at radius 2 is 2.17 bits per heavy atom. The second-order valence-corrected chi connectivity index (χ2v) is 5.49. The van der Waals surface area contributed by atoms with E-state index >= 15 is 0 Å². The molecule has 1 unspecified atom stereocenters. The molecule has 1 aromatic heterocycles. The number of hydrogen-bond acceptors (Lipinski definition) is 3. The Labute approximate surface area is 118 Å². The summed E-state index contributed by atoms with van der Waals surface area (Å²) in [6.07, 6.45) is 0. The van der Waals surface area contributed by atoms with Gasteiger partial charge in [-0.25, -0.2) is 0 Å². The fourth-order valence-electron chi connectivity index (χ4n) is 1.74. The van der Waals surface area contributed by atoms with E-state index in [1.54, 1.807) is 18.4 Å². The van der Waals surface area contributed by atoms with Gasteiger partial charge in [-0.2, -0.15) is 0 Å². The highest BCUT2D eigenvalue weighted by atomic mass is 35.5. The standard InChI is InChI=1S/C12H10Cl2O3S/c1-5(12(15)16)6-4-18-11-9(6)7(13)3-8(17-2)10(11)14/h3-5H,1-2H3,(H,15,16). The molecular formula is C12H10Cl2O3S. The lowest BCUT2D eigenvalue weighted by Gasteiger charge is -2.09. The van der Waals surface area contributed by atoms with Crippen molar-refractivity contribution in [3.05, 3.63) is 27.1 Å². The molecule has 0 fully saturated rings. The summed E-state index contributed by atoms with van der Waals surface area (Å²) in [5, 5.41) is 12.5. The van der Waals surface area contributed by atoms with Crippen LogP contribution in [0.1, 0.15) is 18.4 Å². The quantitative estimate of drug-likeness (QED) is 0.914. The van der Waals surface area contributed by atoms with E-state index in [0.29, 0.717) is 26.7 Å². The fourth-order valence-corrected chi connectivity index (χ4v) is 3.58. The zero-order valence-electron chi connectivity index (χ0n) is 9.66. The van der Waals surface area contributed by atoms with Gasteiger partial charge in [-0.05, 0) is 17.9 Å². The third kappa shape index (κ3) is 2.05. The zero-order valence-corrected chi connectivity index (χ0v) is 12.0. The average Bonchev–Trinajstić information content (AvgIpc) is 2.77. The number of fused-ring (bicyclic) bond motifs is 1. The molecule has 0 amide bonds. The number of methoxy groups -OCH3 is 1. The maximum absolute atomic E-state index is 11.1. The summed E-state index contributed by atoms with van der Waals surface area (Å²) in [7, 11) is 1.51. The molecule has 1 aromatic carbocycles. The van der Waals surface area contributed by atoms with E-state index in [0.717, 1.165) is 4.70 Å². The van der Waals surface area contributed by atoms with Crippen molar-refractivity contribution in [2.45, 2.75) is 12.8 Å². The fraction of sp³-hybridized carbons (Fsp3) is 0.250. The van der Waals surface area contributed by atoms with Crippen LogP contribution in [0.3, 0.4) is 0 Å². The maximum Gasteiger partial charge on any atom is 0.310 e. The molecule has 96 valence electrons. The molecule has 3 nitrogen and oxygen atoms in total. The molecule has 0 aliphatic heterocycles. The highest BCUT2D eigenvalue weighted by Crippen LogP contribution is 2.44. The van der Waals surface area contributed by atoms with E-state index in [-0.39, 0.29) is 0 Å². The van der Waals surface area contributed by atoms with Gasteiger partial charge < -0.3 is 9.84 Å². The van der Waals surface area contributed by atoms with Crippen molar-refractivity contribution in [2.75, 3.05) is 7.11 Å². The predicted molar refractivity (Wildman–Crippen MR) is 74.4 cm³/mol. The largest absolute Gasteiger partial charge is 0.495 e. The van der Waals surface area contributed by atoms with Crippen LogP contribution in [0.5, 0.6) is 5.75 Å². The minimum Gasteiger partial charge on any atom is -0.495 e. The smallest absolute Gasteiger partial charge is 0.310 e. The highest BCUT2D eigenvalue weighted by Gasteiger charge is 2.22. The van der Waals surface area contributed by atoms with Gasteiger partial charge in [0, 0.05) is 11.5 Å². The number of carbonyl (C=O) groups is 1. The topological polar surface area (TPSA) is 46.5 Å². The van der Waals surface area contributed by atoms with E-state index in [2.05, 4.69) is 0 Å². The molecule has 1 atom stereocenters. The van der Waals surface area contributed by atoms with E-state index in [1.807, 2.05) is 0 Å². The second-order valence-electron chi connectivity index (χ2n) is 3.83. The molecule has 2 rings (SSSR count). The van der Waals surface area contributed by atoms with Gasteiger partial charge in [0.05, 0.1) is 22.8 Å². The molecule has 18 heavy (non-hydrogen) atoms. The Kier molecular flexibility index (Phi) is 3.71. The Balaban J connectivity index is 2.74.